The molecule has 144 valence electrons. The van der Waals surface area contributed by atoms with E-state index in [1.807, 2.05) is 0 Å². The number of rotatable bonds is 4. The molecule has 0 fully saturated rings. The number of aromatic nitrogens is 1. The number of alkyl halides is 3. The zero-order valence-corrected chi connectivity index (χ0v) is 14.0. The first-order chi connectivity index (χ1) is 13.2. The summed E-state index contributed by atoms with van der Waals surface area (Å²) in [6, 6.07) is 9.84. The summed E-state index contributed by atoms with van der Waals surface area (Å²) in [5, 5.41) is 5.00. The average Bonchev–Trinajstić information content (AvgIpc) is 2.64. The van der Waals surface area contributed by atoms with Crippen LogP contribution in [0.1, 0.15) is 16.1 Å². The summed E-state index contributed by atoms with van der Waals surface area (Å²) in [5.74, 6) is -2.31. The number of benzene rings is 2. The molecule has 9 heteroatoms. The Morgan fingerprint density at radius 3 is 2.43 bits per heavy atom. The van der Waals surface area contributed by atoms with Crippen LogP contribution in [0.25, 0.3) is 0 Å². The number of amides is 1. The van der Waals surface area contributed by atoms with Crippen molar-refractivity contribution in [3.05, 3.63) is 83.7 Å². The molecule has 2 N–H and O–H groups in total. The lowest BCUT2D eigenvalue weighted by molar-refractivity contribution is -0.137. The Morgan fingerprint density at radius 2 is 1.71 bits per heavy atom. The van der Waals surface area contributed by atoms with Crippen molar-refractivity contribution >= 4 is 23.0 Å². The first kappa shape index (κ1) is 19.3. The molecule has 3 aromatic rings. The van der Waals surface area contributed by atoms with Crippen LogP contribution in [-0.2, 0) is 6.18 Å². The second kappa shape index (κ2) is 7.63. The summed E-state index contributed by atoms with van der Waals surface area (Å²) >= 11 is 0. The lowest BCUT2D eigenvalue weighted by Gasteiger charge is -2.11. The van der Waals surface area contributed by atoms with Gasteiger partial charge in [0.15, 0.2) is 0 Å². The van der Waals surface area contributed by atoms with Gasteiger partial charge in [0.2, 0.25) is 0 Å². The molecule has 0 aliphatic heterocycles. The van der Waals surface area contributed by atoms with Crippen LogP contribution in [0.5, 0.6) is 0 Å². The van der Waals surface area contributed by atoms with Crippen LogP contribution < -0.4 is 10.6 Å². The topological polar surface area (TPSA) is 54.0 Å². The lowest BCUT2D eigenvalue weighted by atomic mass is 10.2. The van der Waals surface area contributed by atoms with Gasteiger partial charge in [-0.05, 0) is 42.5 Å². The minimum Gasteiger partial charge on any atom is -0.353 e. The molecular formula is C19H12F5N3O. The third kappa shape index (κ3) is 4.61. The maximum Gasteiger partial charge on any atom is 0.416 e. The molecule has 0 bridgehead atoms. The molecule has 0 atom stereocenters. The Hall–Kier alpha value is -3.49. The fourth-order valence-corrected chi connectivity index (χ4v) is 2.35. The van der Waals surface area contributed by atoms with Crippen molar-refractivity contribution in [3.8, 4) is 0 Å². The quantitative estimate of drug-likeness (QED) is 0.586. The molecule has 3 rings (SSSR count). The van der Waals surface area contributed by atoms with Crippen molar-refractivity contribution in [2.24, 2.45) is 0 Å². The van der Waals surface area contributed by atoms with E-state index in [4.69, 9.17) is 0 Å². The van der Waals surface area contributed by atoms with E-state index in [9.17, 15) is 26.7 Å². The number of pyridine rings is 1. The van der Waals surface area contributed by atoms with Gasteiger partial charge in [-0.2, -0.15) is 13.2 Å². The molecule has 0 radical (unpaired) electrons. The highest BCUT2D eigenvalue weighted by Gasteiger charge is 2.30. The Bertz CT molecular complexity index is 1020. The molecule has 1 heterocycles. The van der Waals surface area contributed by atoms with Gasteiger partial charge in [-0.1, -0.05) is 6.07 Å². The fraction of sp³-hybridized carbons (Fsp3) is 0.0526. The van der Waals surface area contributed by atoms with Crippen molar-refractivity contribution in [1.82, 2.24) is 4.98 Å². The summed E-state index contributed by atoms with van der Waals surface area (Å²) in [6.45, 7) is 0. The number of anilines is 3. The minimum atomic E-state index is -4.54. The predicted molar refractivity (Wildman–Crippen MR) is 93.3 cm³/mol. The van der Waals surface area contributed by atoms with Gasteiger partial charge in [-0.15, -0.1) is 0 Å². The lowest BCUT2D eigenvalue weighted by Crippen LogP contribution is -2.14. The van der Waals surface area contributed by atoms with Crippen molar-refractivity contribution in [1.29, 1.82) is 0 Å². The van der Waals surface area contributed by atoms with Crippen molar-refractivity contribution in [2.75, 3.05) is 10.6 Å². The molecule has 0 saturated heterocycles. The molecular weight excluding hydrogens is 381 g/mol. The van der Waals surface area contributed by atoms with E-state index in [0.717, 1.165) is 18.2 Å². The standard InChI is InChI=1S/C19H12F5N3O/c20-12-4-5-16(15(21)9-12)26-14-6-7-25-17(10-14)18(28)27-13-3-1-2-11(8-13)19(22,23)24/h1-10H,(H,25,26)(H,27,28). The maximum atomic E-state index is 13.7. The second-order valence-electron chi connectivity index (χ2n) is 5.71. The van der Waals surface area contributed by atoms with Crippen LogP contribution in [0.2, 0.25) is 0 Å². The summed E-state index contributed by atoms with van der Waals surface area (Å²) < 4.78 is 65.0. The van der Waals surface area contributed by atoms with Gasteiger partial charge < -0.3 is 10.6 Å². The van der Waals surface area contributed by atoms with Gasteiger partial charge in [0, 0.05) is 23.6 Å². The number of nitrogens with one attached hydrogen (secondary N) is 2. The highest BCUT2D eigenvalue weighted by molar-refractivity contribution is 6.03. The third-order valence-electron chi connectivity index (χ3n) is 3.65. The highest BCUT2D eigenvalue weighted by Crippen LogP contribution is 2.30. The normalized spacial score (nSPS) is 11.2. The molecule has 4 nitrogen and oxygen atoms in total. The molecule has 0 aliphatic rings. The van der Waals surface area contributed by atoms with Gasteiger partial charge in [-0.25, -0.2) is 8.78 Å². The second-order valence-corrected chi connectivity index (χ2v) is 5.71. The molecule has 1 aromatic heterocycles. The summed E-state index contributed by atoms with van der Waals surface area (Å²) in [4.78, 5) is 16.1. The zero-order chi connectivity index (χ0) is 20.3. The van der Waals surface area contributed by atoms with Crippen LogP contribution in [0, 0.1) is 11.6 Å². The van der Waals surface area contributed by atoms with E-state index in [2.05, 4.69) is 15.6 Å². The summed E-state index contributed by atoms with van der Waals surface area (Å²) in [6.07, 6.45) is -3.27. The smallest absolute Gasteiger partial charge is 0.353 e. The number of carbonyl (C=O) groups is 1. The number of halogens is 5. The first-order valence-electron chi connectivity index (χ1n) is 7.89. The maximum absolute atomic E-state index is 13.7. The molecule has 0 spiro atoms. The number of hydrogen-bond acceptors (Lipinski definition) is 3. The first-order valence-corrected chi connectivity index (χ1v) is 7.89. The van der Waals surface area contributed by atoms with Crippen LogP contribution in [0.3, 0.4) is 0 Å². The Morgan fingerprint density at radius 1 is 0.929 bits per heavy atom. The number of carbonyl (C=O) groups excluding carboxylic acids is 1. The number of hydrogen-bond donors (Lipinski definition) is 2. The van der Waals surface area contributed by atoms with Gasteiger partial charge in [0.25, 0.3) is 5.91 Å². The molecule has 0 saturated carbocycles. The Kier molecular flexibility index (Phi) is 5.25. The average molecular weight is 393 g/mol. The van der Waals surface area contributed by atoms with E-state index >= 15 is 0 Å². The van der Waals surface area contributed by atoms with Crippen LogP contribution >= 0.6 is 0 Å². The van der Waals surface area contributed by atoms with Gasteiger partial charge >= 0.3 is 6.18 Å². The van der Waals surface area contributed by atoms with E-state index in [1.54, 1.807) is 0 Å². The van der Waals surface area contributed by atoms with E-state index in [0.29, 0.717) is 6.07 Å². The summed E-state index contributed by atoms with van der Waals surface area (Å²) in [5.41, 5.74) is -0.790. The van der Waals surface area contributed by atoms with E-state index < -0.39 is 29.3 Å². The van der Waals surface area contributed by atoms with Crippen LogP contribution in [-0.4, -0.2) is 10.9 Å². The predicted octanol–water partition coefficient (Wildman–Crippen LogP) is 5.37. The monoisotopic (exact) mass is 393 g/mol. The Balaban J connectivity index is 1.77. The molecule has 0 unspecified atom stereocenters. The molecule has 0 aliphatic carbocycles. The van der Waals surface area contributed by atoms with Crippen molar-refractivity contribution in [3.63, 3.8) is 0 Å². The van der Waals surface area contributed by atoms with Gasteiger partial charge in [-0.3, -0.25) is 9.78 Å². The molecule has 1 amide bonds. The SMILES string of the molecule is O=C(Nc1cccc(C(F)(F)F)c1)c1cc(Nc2ccc(F)cc2F)ccn1. The highest BCUT2D eigenvalue weighted by atomic mass is 19.4. The fourth-order valence-electron chi connectivity index (χ4n) is 2.35. The van der Waals surface area contributed by atoms with Crippen molar-refractivity contribution in [2.45, 2.75) is 6.18 Å². The van der Waals surface area contributed by atoms with Crippen LogP contribution in [0.4, 0.5) is 39.0 Å². The molecule has 2 aromatic carbocycles. The van der Waals surface area contributed by atoms with Gasteiger partial charge in [0.05, 0.1) is 11.3 Å². The van der Waals surface area contributed by atoms with E-state index in [1.165, 1.54) is 36.5 Å². The van der Waals surface area contributed by atoms with Crippen LogP contribution in [0.15, 0.2) is 60.8 Å². The van der Waals surface area contributed by atoms with Crippen molar-refractivity contribution < 1.29 is 26.7 Å². The Labute approximate surface area is 156 Å². The molecule has 28 heavy (non-hydrogen) atoms. The summed E-state index contributed by atoms with van der Waals surface area (Å²) in [7, 11) is 0. The number of nitrogens with zero attached hydrogens (tertiary/aromatic N) is 1. The van der Waals surface area contributed by atoms with Gasteiger partial charge in [0.1, 0.15) is 17.3 Å². The van der Waals surface area contributed by atoms with E-state index in [-0.39, 0.29) is 22.8 Å². The zero-order valence-electron chi connectivity index (χ0n) is 14.0. The minimum absolute atomic E-state index is 0.0168. The largest absolute Gasteiger partial charge is 0.416 e. The third-order valence-corrected chi connectivity index (χ3v) is 3.65.